The number of hydrogen-bond acceptors (Lipinski definition) is 3. The van der Waals surface area contributed by atoms with Gasteiger partial charge in [-0.1, -0.05) is 20.8 Å². The van der Waals surface area contributed by atoms with Gasteiger partial charge in [0.15, 0.2) is 0 Å². The molecular weight excluding hydrogens is 302 g/mol. The van der Waals surface area contributed by atoms with Crippen LogP contribution in [0.2, 0.25) is 0 Å². The lowest BCUT2D eigenvalue weighted by molar-refractivity contribution is 0.0914. The molecule has 1 aliphatic heterocycles. The molecule has 1 heterocycles. The summed E-state index contributed by atoms with van der Waals surface area (Å²) in [7, 11) is 0. The van der Waals surface area contributed by atoms with Gasteiger partial charge >= 0.3 is 0 Å². The standard InChI is InChI=1S/C19H29N3O2/c1-13-16(6-5-11-20-13)22-18(24)15-9-7-14(8-10-15)17(23)21-12-19(2,3)4/h7-10,13,16,20H,5-6,11-12H2,1-4H3,(H,21,23)(H,22,24). The zero-order chi connectivity index (χ0) is 17.7. The minimum Gasteiger partial charge on any atom is -0.352 e. The fourth-order valence-corrected chi connectivity index (χ4v) is 2.71. The Morgan fingerprint density at radius 3 is 2.25 bits per heavy atom. The molecule has 1 fully saturated rings. The van der Waals surface area contributed by atoms with Crippen LogP contribution in [0.3, 0.4) is 0 Å². The smallest absolute Gasteiger partial charge is 0.251 e. The second-order valence-corrected chi connectivity index (χ2v) is 7.79. The van der Waals surface area contributed by atoms with E-state index in [0.29, 0.717) is 17.7 Å². The lowest BCUT2D eigenvalue weighted by Gasteiger charge is -2.30. The van der Waals surface area contributed by atoms with Crippen LogP contribution in [0.1, 0.15) is 61.3 Å². The molecule has 5 heteroatoms. The highest BCUT2D eigenvalue weighted by Crippen LogP contribution is 2.12. The van der Waals surface area contributed by atoms with Gasteiger partial charge in [-0.3, -0.25) is 9.59 Å². The third-order valence-corrected chi connectivity index (χ3v) is 4.27. The van der Waals surface area contributed by atoms with Crippen LogP contribution < -0.4 is 16.0 Å². The maximum absolute atomic E-state index is 12.4. The van der Waals surface area contributed by atoms with Gasteiger partial charge in [0.1, 0.15) is 0 Å². The van der Waals surface area contributed by atoms with Gasteiger partial charge in [-0.2, -0.15) is 0 Å². The van der Waals surface area contributed by atoms with Crippen molar-refractivity contribution in [3.8, 4) is 0 Å². The Hall–Kier alpha value is -1.88. The summed E-state index contributed by atoms with van der Waals surface area (Å²) in [4.78, 5) is 24.5. The summed E-state index contributed by atoms with van der Waals surface area (Å²) in [5.41, 5.74) is 1.20. The van der Waals surface area contributed by atoms with Crippen molar-refractivity contribution in [3.05, 3.63) is 35.4 Å². The Morgan fingerprint density at radius 1 is 1.12 bits per heavy atom. The van der Waals surface area contributed by atoms with E-state index in [1.165, 1.54) is 0 Å². The molecule has 132 valence electrons. The Labute approximate surface area is 144 Å². The Bertz CT molecular complexity index is 575. The molecule has 2 unspecified atom stereocenters. The zero-order valence-electron chi connectivity index (χ0n) is 15.1. The summed E-state index contributed by atoms with van der Waals surface area (Å²) in [5.74, 6) is -0.195. The van der Waals surface area contributed by atoms with Crippen LogP contribution >= 0.6 is 0 Å². The Balaban J connectivity index is 1.93. The number of benzene rings is 1. The van der Waals surface area contributed by atoms with Crippen molar-refractivity contribution in [2.45, 2.75) is 52.6 Å². The minimum absolute atomic E-state index is 0.0419. The van der Waals surface area contributed by atoms with Gasteiger partial charge in [-0.25, -0.2) is 0 Å². The molecule has 0 bridgehead atoms. The van der Waals surface area contributed by atoms with Crippen molar-refractivity contribution in [1.82, 2.24) is 16.0 Å². The van der Waals surface area contributed by atoms with Crippen LogP contribution in [-0.2, 0) is 0 Å². The van der Waals surface area contributed by atoms with E-state index in [0.717, 1.165) is 19.4 Å². The van der Waals surface area contributed by atoms with Crippen LogP contribution in [0.4, 0.5) is 0 Å². The van der Waals surface area contributed by atoms with Crippen molar-refractivity contribution >= 4 is 11.8 Å². The van der Waals surface area contributed by atoms with Crippen molar-refractivity contribution < 1.29 is 9.59 Å². The number of rotatable bonds is 4. The fourth-order valence-electron chi connectivity index (χ4n) is 2.71. The summed E-state index contributed by atoms with van der Waals surface area (Å²) in [6.45, 7) is 9.92. The Kier molecular flexibility index (Phi) is 5.99. The summed E-state index contributed by atoms with van der Waals surface area (Å²) < 4.78 is 0. The predicted octanol–water partition coefficient (Wildman–Crippen LogP) is 2.33. The monoisotopic (exact) mass is 331 g/mol. The molecule has 3 N–H and O–H groups in total. The van der Waals surface area contributed by atoms with E-state index in [4.69, 9.17) is 0 Å². The molecule has 2 atom stereocenters. The number of carbonyl (C=O) groups excluding carboxylic acids is 2. The highest BCUT2D eigenvalue weighted by molar-refractivity contribution is 5.97. The first-order valence-electron chi connectivity index (χ1n) is 8.69. The molecule has 24 heavy (non-hydrogen) atoms. The van der Waals surface area contributed by atoms with Crippen LogP contribution in [0, 0.1) is 5.41 Å². The lowest BCUT2D eigenvalue weighted by Crippen LogP contribution is -2.51. The average molecular weight is 331 g/mol. The summed E-state index contributed by atoms with van der Waals surface area (Å²) in [6, 6.07) is 7.27. The maximum atomic E-state index is 12.4. The van der Waals surface area contributed by atoms with Crippen LogP contribution in [0.25, 0.3) is 0 Å². The molecule has 1 saturated heterocycles. The molecule has 0 aliphatic carbocycles. The van der Waals surface area contributed by atoms with E-state index in [-0.39, 0.29) is 29.3 Å². The number of piperidine rings is 1. The van der Waals surface area contributed by atoms with E-state index in [1.807, 2.05) is 0 Å². The third kappa shape index (κ3) is 5.34. The fraction of sp³-hybridized carbons (Fsp3) is 0.579. The molecule has 2 rings (SSSR count). The molecule has 1 aromatic rings. The second-order valence-electron chi connectivity index (χ2n) is 7.79. The van der Waals surface area contributed by atoms with Gasteiger partial charge in [0.25, 0.3) is 11.8 Å². The summed E-state index contributed by atoms with van der Waals surface area (Å²) in [5, 5.41) is 9.36. The summed E-state index contributed by atoms with van der Waals surface area (Å²) in [6.07, 6.45) is 2.06. The lowest BCUT2D eigenvalue weighted by atomic mass is 9.97. The van der Waals surface area contributed by atoms with Gasteiger partial charge in [0.05, 0.1) is 0 Å². The molecular formula is C19H29N3O2. The number of amides is 2. The van der Waals surface area contributed by atoms with Crippen molar-refractivity contribution in [2.75, 3.05) is 13.1 Å². The van der Waals surface area contributed by atoms with Crippen LogP contribution in [0.15, 0.2) is 24.3 Å². The van der Waals surface area contributed by atoms with Crippen LogP contribution in [-0.4, -0.2) is 37.0 Å². The maximum Gasteiger partial charge on any atom is 0.251 e. The largest absolute Gasteiger partial charge is 0.352 e. The first-order chi connectivity index (χ1) is 11.3. The molecule has 0 aromatic heterocycles. The highest BCUT2D eigenvalue weighted by Gasteiger charge is 2.23. The molecule has 1 aliphatic rings. The SMILES string of the molecule is CC1NCCCC1NC(=O)c1ccc(C(=O)NCC(C)(C)C)cc1. The van der Waals surface area contributed by atoms with Gasteiger partial charge in [-0.15, -0.1) is 0 Å². The second kappa shape index (κ2) is 7.79. The number of carbonyl (C=O) groups is 2. The van der Waals surface area contributed by atoms with E-state index in [2.05, 4.69) is 43.6 Å². The van der Waals surface area contributed by atoms with E-state index in [9.17, 15) is 9.59 Å². The molecule has 0 radical (unpaired) electrons. The van der Waals surface area contributed by atoms with Gasteiger partial charge in [-0.05, 0) is 56.0 Å². The highest BCUT2D eigenvalue weighted by atomic mass is 16.2. The van der Waals surface area contributed by atoms with E-state index < -0.39 is 0 Å². The normalized spacial score (nSPS) is 21.2. The molecule has 5 nitrogen and oxygen atoms in total. The first-order valence-corrected chi connectivity index (χ1v) is 8.69. The van der Waals surface area contributed by atoms with Crippen molar-refractivity contribution in [2.24, 2.45) is 5.41 Å². The van der Waals surface area contributed by atoms with Crippen LogP contribution in [0.5, 0.6) is 0 Å². The minimum atomic E-state index is -0.109. The third-order valence-electron chi connectivity index (χ3n) is 4.27. The number of nitrogens with one attached hydrogen (secondary N) is 3. The molecule has 1 aromatic carbocycles. The van der Waals surface area contributed by atoms with Gasteiger partial charge < -0.3 is 16.0 Å². The average Bonchev–Trinajstić information content (AvgIpc) is 2.54. The van der Waals surface area contributed by atoms with Crippen molar-refractivity contribution in [1.29, 1.82) is 0 Å². The van der Waals surface area contributed by atoms with E-state index in [1.54, 1.807) is 24.3 Å². The molecule has 0 spiro atoms. The molecule has 0 saturated carbocycles. The predicted molar refractivity (Wildman–Crippen MR) is 96.2 cm³/mol. The zero-order valence-corrected chi connectivity index (χ0v) is 15.1. The van der Waals surface area contributed by atoms with Gasteiger partial charge in [0.2, 0.25) is 0 Å². The van der Waals surface area contributed by atoms with Gasteiger partial charge in [0, 0.05) is 29.8 Å². The Morgan fingerprint density at radius 2 is 1.71 bits per heavy atom. The van der Waals surface area contributed by atoms with E-state index >= 15 is 0 Å². The first kappa shape index (κ1) is 18.5. The summed E-state index contributed by atoms with van der Waals surface area (Å²) >= 11 is 0. The topological polar surface area (TPSA) is 70.2 Å². The number of hydrogen-bond donors (Lipinski definition) is 3. The molecule has 2 amide bonds. The quantitative estimate of drug-likeness (QED) is 0.793. The van der Waals surface area contributed by atoms with Crippen molar-refractivity contribution in [3.63, 3.8) is 0 Å².